The van der Waals surface area contributed by atoms with Crippen LogP contribution in [0.4, 0.5) is 0 Å². The largest absolute Gasteiger partial charge is 0.394 e. The van der Waals surface area contributed by atoms with Crippen molar-refractivity contribution in [3.05, 3.63) is 34.9 Å². The molecule has 1 aromatic rings. The van der Waals surface area contributed by atoms with Crippen LogP contribution in [0, 0.1) is 0 Å². The van der Waals surface area contributed by atoms with Crippen LogP contribution in [0.15, 0.2) is 18.2 Å². The fourth-order valence-electron chi connectivity index (χ4n) is 4.43. The summed E-state index contributed by atoms with van der Waals surface area (Å²) in [5.41, 5.74) is 2.02. The predicted octanol–water partition coefficient (Wildman–Crippen LogP) is -0.348. The zero-order valence-electron chi connectivity index (χ0n) is 15.8. The van der Waals surface area contributed by atoms with Crippen molar-refractivity contribution < 1.29 is 19.5 Å². The summed E-state index contributed by atoms with van der Waals surface area (Å²) in [6.07, 6.45) is 2.47. The quantitative estimate of drug-likeness (QED) is 0.515. The molecule has 0 spiro atoms. The number of nitrogens with zero attached hydrogens (tertiary/aromatic N) is 1. The Kier molecular flexibility index (Phi) is 5.18. The fraction of sp³-hybridized carbons (Fsp3) is 0.550. The molecule has 0 saturated carbocycles. The molecule has 1 aromatic carbocycles. The molecule has 4 rings (SSSR count). The first-order valence-electron chi connectivity index (χ1n) is 9.85. The molecule has 2 atom stereocenters. The van der Waals surface area contributed by atoms with Crippen LogP contribution in [0.2, 0.25) is 0 Å². The second kappa shape index (κ2) is 7.62. The highest BCUT2D eigenvalue weighted by atomic mass is 16.3. The van der Waals surface area contributed by atoms with E-state index in [4.69, 9.17) is 0 Å². The number of imide groups is 1. The number of amides is 3. The van der Waals surface area contributed by atoms with Gasteiger partial charge in [0.15, 0.2) is 0 Å². The van der Waals surface area contributed by atoms with Gasteiger partial charge in [0.05, 0.1) is 12.1 Å². The Morgan fingerprint density at radius 3 is 2.86 bits per heavy atom. The van der Waals surface area contributed by atoms with Gasteiger partial charge in [0, 0.05) is 31.6 Å². The van der Waals surface area contributed by atoms with Gasteiger partial charge in [-0.05, 0) is 36.9 Å². The minimum atomic E-state index is -0.607. The molecule has 0 bridgehead atoms. The van der Waals surface area contributed by atoms with Gasteiger partial charge in [-0.3, -0.25) is 19.7 Å². The summed E-state index contributed by atoms with van der Waals surface area (Å²) in [6, 6.07) is 5.14. The summed E-state index contributed by atoms with van der Waals surface area (Å²) < 4.78 is 0. The molecule has 28 heavy (non-hydrogen) atoms. The molecular formula is C20H26N4O4. The molecule has 2 saturated heterocycles. The van der Waals surface area contributed by atoms with Crippen LogP contribution in [0.25, 0.3) is 0 Å². The standard InChI is InChI=1S/C20H26N4O4/c25-12-20(7-2-8-21-11-20)22-9-13-3-1-4-14-10-24(19(28)17(13)14)15-5-6-16(26)23-18(15)27/h1,3-4,15,21-22,25H,2,5-12H2,(H,23,26,27). The first-order valence-corrected chi connectivity index (χ1v) is 9.85. The molecule has 3 amide bonds. The third kappa shape index (κ3) is 3.43. The predicted molar refractivity (Wildman–Crippen MR) is 101 cm³/mol. The Labute approximate surface area is 163 Å². The number of carbonyl (C=O) groups is 3. The van der Waals surface area contributed by atoms with Crippen molar-refractivity contribution >= 4 is 17.7 Å². The van der Waals surface area contributed by atoms with E-state index in [1.165, 1.54) is 0 Å². The minimum absolute atomic E-state index is 0.0331. The third-order valence-electron chi connectivity index (χ3n) is 6.07. The average molecular weight is 386 g/mol. The maximum Gasteiger partial charge on any atom is 0.255 e. The highest BCUT2D eigenvalue weighted by Crippen LogP contribution is 2.30. The number of aliphatic hydroxyl groups excluding tert-OH is 1. The van der Waals surface area contributed by atoms with Gasteiger partial charge in [-0.2, -0.15) is 0 Å². The van der Waals surface area contributed by atoms with E-state index >= 15 is 0 Å². The van der Waals surface area contributed by atoms with E-state index in [0.29, 0.717) is 31.6 Å². The highest BCUT2D eigenvalue weighted by Gasteiger charge is 2.40. The zero-order chi connectivity index (χ0) is 19.7. The molecule has 0 radical (unpaired) electrons. The van der Waals surface area contributed by atoms with E-state index in [1.807, 2.05) is 18.2 Å². The van der Waals surface area contributed by atoms with Crippen LogP contribution >= 0.6 is 0 Å². The van der Waals surface area contributed by atoms with Crippen molar-refractivity contribution in [1.82, 2.24) is 20.9 Å². The van der Waals surface area contributed by atoms with Gasteiger partial charge < -0.3 is 20.6 Å². The number of aliphatic hydroxyl groups is 1. The minimum Gasteiger partial charge on any atom is -0.394 e. The summed E-state index contributed by atoms with van der Waals surface area (Å²) >= 11 is 0. The molecular weight excluding hydrogens is 360 g/mol. The van der Waals surface area contributed by atoms with Gasteiger partial charge in [0.1, 0.15) is 6.04 Å². The van der Waals surface area contributed by atoms with Crippen LogP contribution in [-0.2, 0) is 22.7 Å². The first kappa shape index (κ1) is 19.0. The number of fused-ring (bicyclic) bond motifs is 1. The lowest BCUT2D eigenvalue weighted by atomic mass is 9.90. The summed E-state index contributed by atoms with van der Waals surface area (Å²) in [5.74, 6) is -0.850. The Hall–Kier alpha value is -2.29. The monoisotopic (exact) mass is 386 g/mol. The fourth-order valence-corrected chi connectivity index (χ4v) is 4.43. The molecule has 2 fully saturated rings. The molecule has 2 unspecified atom stereocenters. The van der Waals surface area contributed by atoms with Crippen molar-refractivity contribution in [2.45, 2.75) is 50.4 Å². The van der Waals surface area contributed by atoms with Crippen LogP contribution in [0.3, 0.4) is 0 Å². The third-order valence-corrected chi connectivity index (χ3v) is 6.07. The summed E-state index contributed by atoms with van der Waals surface area (Å²) in [6.45, 7) is 2.52. The topological polar surface area (TPSA) is 111 Å². The Morgan fingerprint density at radius 1 is 1.29 bits per heavy atom. The average Bonchev–Trinajstić information content (AvgIpc) is 3.04. The van der Waals surface area contributed by atoms with Crippen molar-refractivity contribution in [2.24, 2.45) is 0 Å². The molecule has 0 aliphatic carbocycles. The van der Waals surface area contributed by atoms with E-state index in [-0.39, 0.29) is 30.4 Å². The highest BCUT2D eigenvalue weighted by molar-refractivity contribution is 6.05. The Morgan fingerprint density at radius 2 is 2.14 bits per heavy atom. The number of hydrogen-bond donors (Lipinski definition) is 4. The van der Waals surface area contributed by atoms with Crippen LogP contribution in [0.1, 0.15) is 47.2 Å². The summed E-state index contributed by atoms with van der Waals surface area (Å²) in [7, 11) is 0. The van der Waals surface area contributed by atoms with E-state index in [2.05, 4.69) is 16.0 Å². The molecule has 3 heterocycles. The Bertz CT molecular complexity index is 803. The number of rotatable bonds is 5. The number of carbonyl (C=O) groups excluding carboxylic acids is 3. The van der Waals surface area contributed by atoms with Gasteiger partial charge in [0.25, 0.3) is 5.91 Å². The van der Waals surface area contributed by atoms with Gasteiger partial charge >= 0.3 is 0 Å². The van der Waals surface area contributed by atoms with Crippen LogP contribution < -0.4 is 16.0 Å². The lowest BCUT2D eigenvalue weighted by molar-refractivity contribution is -0.136. The molecule has 4 N–H and O–H groups in total. The lowest BCUT2D eigenvalue weighted by Crippen LogP contribution is -2.58. The zero-order valence-corrected chi connectivity index (χ0v) is 15.8. The van der Waals surface area contributed by atoms with E-state index in [9.17, 15) is 19.5 Å². The number of piperidine rings is 2. The summed E-state index contributed by atoms with van der Waals surface area (Å²) in [5, 5.41) is 19.0. The molecule has 150 valence electrons. The first-order chi connectivity index (χ1) is 13.5. The van der Waals surface area contributed by atoms with Crippen molar-refractivity contribution in [1.29, 1.82) is 0 Å². The molecule has 3 aliphatic heterocycles. The SMILES string of the molecule is O=C1CCC(N2Cc3cccc(CNC4(CO)CCCNC4)c3C2=O)C(=O)N1. The summed E-state index contributed by atoms with van der Waals surface area (Å²) in [4.78, 5) is 38.3. The van der Waals surface area contributed by atoms with Gasteiger partial charge in [-0.25, -0.2) is 0 Å². The molecule has 8 heteroatoms. The molecule has 3 aliphatic rings. The number of hydrogen-bond acceptors (Lipinski definition) is 6. The second-order valence-electron chi connectivity index (χ2n) is 7.92. The van der Waals surface area contributed by atoms with Crippen LogP contribution in [0.5, 0.6) is 0 Å². The lowest BCUT2D eigenvalue weighted by Gasteiger charge is -2.37. The number of nitrogens with one attached hydrogen (secondary N) is 3. The number of benzene rings is 1. The Balaban J connectivity index is 1.52. The van der Waals surface area contributed by atoms with Gasteiger partial charge in [0.2, 0.25) is 11.8 Å². The van der Waals surface area contributed by atoms with Gasteiger partial charge in [-0.15, -0.1) is 0 Å². The van der Waals surface area contributed by atoms with E-state index in [0.717, 1.165) is 30.5 Å². The normalized spacial score (nSPS) is 27.7. The van der Waals surface area contributed by atoms with E-state index < -0.39 is 11.9 Å². The maximum atomic E-state index is 13.1. The molecule has 0 aromatic heterocycles. The van der Waals surface area contributed by atoms with Gasteiger partial charge in [-0.1, -0.05) is 18.2 Å². The molecule has 8 nitrogen and oxygen atoms in total. The second-order valence-corrected chi connectivity index (χ2v) is 7.92. The van der Waals surface area contributed by atoms with E-state index in [1.54, 1.807) is 4.90 Å². The smallest absolute Gasteiger partial charge is 0.255 e. The van der Waals surface area contributed by atoms with Crippen molar-refractivity contribution in [3.63, 3.8) is 0 Å². The van der Waals surface area contributed by atoms with Crippen molar-refractivity contribution in [3.8, 4) is 0 Å². The van der Waals surface area contributed by atoms with Crippen molar-refractivity contribution in [2.75, 3.05) is 19.7 Å². The maximum absolute atomic E-state index is 13.1. The van der Waals surface area contributed by atoms with Crippen LogP contribution in [-0.4, -0.2) is 59.0 Å².